The third kappa shape index (κ3) is 4.26. The molecular formula is C11H21N3O2S. The number of piperidine rings is 1. The van der Waals surface area contributed by atoms with E-state index in [2.05, 4.69) is 5.32 Å². The van der Waals surface area contributed by atoms with Gasteiger partial charge in [0.05, 0.1) is 6.07 Å². The Kier molecular flexibility index (Phi) is 5.37. The Bertz CT molecular complexity index is 367. The molecule has 1 heterocycles. The van der Waals surface area contributed by atoms with Crippen LogP contribution in [0.15, 0.2) is 0 Å². The molecule has 5 nitrogen and oxygen atoms in total. The first kappa shape index (κ1) is 14.4. The SMILES string of the molecule is CC(C)N(CC1CCCCN1)S(=O)(=O)CC#N. The highest BCUT2D eigenvalue weighted by molar-refractivity contribution is 7.89. The Morgan fingerprint density at radius 2 is 2.18 bits per heavy atom. The minimum atomic E-state index is -3.44. The van der Waals surface area contributed by atoms with E-state index in [4.69, 9.17) is 5.26 Å². The van der Waals surface area contributed by atoms with Crippen LogP contribution in [0.4, 0.5) is 0 Å². The van der Waals surface area contributed by atoms with Gasteiger partial charge in [-0.25, -0.2) is 8.42 Å². The Morgan fingerprint density at radius 3 is 2.65 bits per heavy atom. The van der Waals surface area contributed by atoms with Gasteiger partial charge in [0, 0.05) is 18.6 Å². The van der Waals surface area contributed by atoms with Crippen molar-refractivity contribution < 1.29 is 8.42 Å². The summed E-state index contributed by atoms with van der Waals surface area (Å²) in [6, 6.07) is 1.85. The summed E-state index contributed by atoms with van der Waals surface area (Å²) in [6.07, 6.45) is 3.30. The lowest BCUT2D eigenvalue weighted by atomic mass is 10.1. The highest BCUT2D eigenvalue weighted by Gasteiger charge is 2.28. The van der Waals surface area contributed by atoms with Crippen LogP contribution in [0.2, 0.25) is 0 Å². The van der Waals surface area contributed by atoms with Gasteiger partial charge in [0.2, 0.25) is 10.0 Å². The van der Waals surface area contributed by atoms with Crippen LogP contribution in [0.1, 0.15) is 33.1 Å². The van der Waals surface area contributed by atoms with Gasteiger partial charge in [0.1, 0.15) is 0 Å². The normalized spacial score (nSPS) is 21.7. The zero-order valence-corrected chi connectivity index (χ0v) is 11.3. The Morgan fingerprint density at radius 1 is 1.47 bits per heavy atom. The van der Waals surface area contributed by atoms with Crippen molar-refractivity contribution in [3.63, 3.8) is 0 Å². The summed E-state index contributed by atoms with van der Waals surface area (Å²) in [5.41, 5.74) is 0. The summed E-state index contributed by atoms with van der Waals surface area (Å²) in [6.45, 7) is 5.12. The lowest BCUT2D eigenvalue weighted by Gasteiger charge is -2.31. The first-order chi connectivity index (χ1) is 7.97. The van der Waals surface area contributed by atoms with Crippen molar-refractivity contribution in [1.29, 1.82) is 5.26 Å². The molecule has 0 aromatic heterocycles. The van der Waals surface area contributed by atoms with Crippen LogP contribution >= 0.6 is 0 Å². The maximum absolute atomic E-state index is 11.9. The number of nitriles is 1. The second kappa shape index (κ2) is 6.34. The molecule has 0 saturated carbocycles. The van der Waals surface area contributed by atoms with E-state index in [9.17, 15) is 8.42 Å². The molecule has 1 N–H and O–H groups in total. The van der Waals surface area contributed by atoms with Gasteiger partial charge in [-0.3, -0.25) is 0 Å². The molecule has 17 heavy (non-hydrogen) atoms. The van der Waals surface area contributed by atoms with Crippen LogP contribution in [-0.2, 0) is 10.0 Å². The fraction of sp³-hybridized carbons (Fsp3) is 0.909. The Hall–Kier alpha value is -0.640. The molecule has 1 rings (SSSR count). The van der Waals surface area contributed by atoms with Crippen LogP contribution in [-0.4, -0.2) is 43.6 Å². The van der Waals surface area contributed by atoms with Crippen molar-refractivity contribution in [3.8, 4) is 6.07 Å². The maximum atomic E-state index is 11.9. The summed E-state index contributed by atoms with van der Waals surface area (Å²) in [4.78, 5) is 0. The van der Waals surface area contributed by atoms with Crippen molar-refractivity contribution in [2.45, 2.75) is 45.2 Å². The molecule has 1 saturated heterocycles. The minimum Gasteiger partial charge on any atom is -0.313 e. The van der Waals surface area contributed by atoms with E-state index in [0.29, 0.717) is 6.54 Å². The Labute approximate surface area is 104 Å². The van der Waals surface area contributed by atoms with Gasteiger partial charge in [0.25, 0.3) is 0 Å². The molecule has 1 aliphatic heterocycles. The second-order valence-electron chi connectivity index (χ2n) is 4.72. The molecule has 0 amide bonds. The monoisotopic (exact) mass is 259 g/mol. The van der Waals surface area contributed by atoms with Crippen LogP contribution < -0.4 is 5.32 Å². The quantitative estimate of drug-likeness (QED) is 0.788. The first-order valence-electron chi connectivity index (χ1n) is 6.07. The van der Waals surface area contributed by atoms with Crippen molar-refractivity contribution in [3.05, 3.63) is 0 Å². The van der Waals surface area contributed by atoms with E-state index >= 15 is 0 Å². The van der Waals surface area contributed by atoms with E-state index in [1.165, 1.54) is 4.31 Å². The van der Waals surface area contributed by atoms with Gasteiger partial charge < -0.3 is 5.32 Å². The maximum Gasteiger partial charge on any atom is 0.227 e. The van der Waals surface area contributed by atoms with Crippen LogP contribution in [0.25, 0.3) is 0 Å². The van der Waals surface area contributed by atoms with Crippen molar-refractivity contribution in [2.75, 3.05) is 18.8 Å². The fourth-order valence-electron chi connectivity index (χ4n) is 2.11. The van der Waals surface area contributed by atoms with E-state index in [1.807, 2.05) is 13.8 Å². The molecule has 0 radical (unpaired) electrons. The predicted molar refractivity (Wildman–Crippen MR) is 66.9 cm³/mol. The van der Waals surface area contributed by atoms with Gasteiger partial charge in [-0.05, 0) is 33.2 Å². The van der Waals surface area contributed by atoms with Crippen LogP contribution in [0, 0.1) is 11.3 Å². The molecule has 98 valence electrons. The molecule has 0 bridgehead atoms. The standard InChI is InChI=1S/C11H21N3O2S/c1-10(2)14(17(15,16)8-6-12)9-11-5-3-4-7-13-11/h10-11,13H,3-5,7-9H2,1-2H3. The topological polar surface area (TPSA) is 73.2 Å². The third-order valence-corrected chi connectivity index (χ3v) is 4.77. The summed E-state index contributed by atoms with van der Waals surface area (Å²) in [7, 11) is -3.44. The summed E-state index contributed by atoms with van der Waals surface area (Å²) in [5.74, 6) is -0.433. The van der Waals surface area contributed by atoms with Crippen molar-refractivity contribution in [1.82, 2.24) is 9.62 Å². The summed E-state index contributed by atoms with van der Waals surface area (Å²) in [5, 5.41) is 11.9. The number of hydrogen-bond donors (Lipinski definition) is 1. The molecule has 6 heteroatoms. The average molecular weight is 259 g/mol. The van der Waals surface area contributed by atoms with E-state index in [-0.39, 0.29) is 12.1 Å². The number of hydrogen-bond acceptors (Lipinski definition) is 4. The number of nitrogens with zero attached hydrogens (tertiary/aromatic N) is 2. The molecule has 0 aromatic carbocycles. The number of nitrogens with one attached hydrogen (secondary N) is 1. The predicted octanol–water partition coefficient (Wildman–Crippen LogP) is 0.692. The highest BCUT2D eigenvalue weighted by atomic mass is 32.2. The van der Waals surface area contributed by atoms with Crippen LogP contribution in [0.3, 0.4) is 0 Å². The van der Waals surface area contributed by atoms with Gasteiger partial charge >= 0.3 is 0 Å². The lowest BCUT2D eigenvalue weighted by Crippen LogP contribution is -2.48. The van der Waals surface area contributed by atoms with Gasteiger partial charge in [-0.1, -0.05) is 6.42 Å². The molecule has 0 aromatic rings. The van der Waals surface area contributed by atoms with E-state index in [1.54, 1.807) is 6.07 Å². The molecule has 0 aliphatic carbocycles. The number of sulfonamides is 1. The largest absolute Gasteiger partial charge is 0.313 e. The molecular weight excluding hydrogens is 238 g/mol. The van der Waals surface area contributed by atoms with Gasteiger partial charge in [-0.2, -0.15) is 9.57 Å². The smallest absolute Gasteiger partial charge is 0.227 e. The Balaban J connectivity index is 2.69. The fourth-order valence-corrected chi connectivity index (χ4v) is 3.49. The average Bonchev–Trinajstić information content (AvgIpc) is 2.26. The van der Waals surface area contributed by atoms with E-state index in [0.717, 1.165) is 25.8 Å². The highest BCUT2D eigenvalue weighted by Crippen LogP contribution is 2.13. The molecule has 1 unspecified atom stereocenters. The summed E-state index contributed by atoms with van der Waals surface area (Å²) < 4.78 is 25.3. The van der Waals surface area contributed by atoms with E-state index < -0.39 is 15.8 Å². The first-order valence-corrected chi connectivity index (χ1v) is 7.68. The molecule has 1 aliphatic rings. The molecule has 1 atom stereocenters. The van der Waals surface area contributed by atoms with Gasteiger partial charge in [0.15, 0.2) is 5.75 Å². The van der Waals surface area contributed by atoms with Crippen LogP contribution in [0.5, 0.6) is 0 Å². The zero-order chi connectivity index (χ0) is 12.9. The molecule has 1 fully saturated rings. The third-order valence-electron chi connectivity index (χ3n) is 2.99. The zero-order valence-electron chi connectivity index (χ0n) is 10.5. The second-order valence-corrected chi connectivity index (χ2v) is 6.65. The lowest BCUT2D eigenvalue weighted by molar-refractivity contribution is 0.283. The number of rotatable bonds is 5. The van der Waals surface area contributed by atoms with Crippen molar-refractivity contribution in [2.24, 2.45) is 0 Å². The van der Waals surface area contributed by atoms with Crippen molar-refractivity contribution >= 4 is 10.0 Å². The molecule has 0 spiro atoms. The van der Waals surface area contributed by atoms with Gasteiger partial charge in [-0.15, -0.1) is 0 Å². The summed E-state index contributed by atoms with van der Waals surface area (Å²) >= 11 is 0. The minimum absolute atomic E-state index is 0.0999.